The Balaban J connectivity index is 2.03. The molecule has 116 valence electrons. The minimum Gasteiger partial charge on any atom is -0.481 e. The summed E-state index contributed by atoms with van der Waals surface area (Å²) in [4.78, 5) is 26.9. The summed E-state index contributed by atoms with van der Waals surface area (Å²) < 4.78 is 9.87. The number of carbonyl (C=O) groups excluding carboxylic acids is 1. The predicted molar refractivity (Wildman–Crippen MR) is 73.6 cm³/mol. The highest BCUT2D eigenvalue weighted by Gasteiger charge is 2.29. The Labute approximate surface area is 123 Å². The quantitative estimate of drug-likeness (QED) is 0.840. The van der Waals surface area contributed by atoms with E-state index in [0.717, 1.165) is 5.56 Å². The van der Waals surface area contributed by atoms with Crippen molar-refractivity contribution >= 4 is 11.9 Å². The largest absolute Gasteiger partial charge is 0.481 e. The van der Waals surface area contributed by atoms with Crippen LogP contribution in [0.2, 0.25) is 0 Å². The van der Waals surface area contributed by atoms with Gasteiger partial charge in [-0.05, 0) is 6.07 Å². The molecule has 7 nitrogen and oxygen atoms in total. The van der Waals surface area contributed by atoms with E-state index < -0.39 is 11.9 Å². The summed E-state index contributed by atoms with van der Waals surface area (Å²) in [6.07, 6.45) is 3.24. The van der Waals surface area contributed by atoms with Crippen molar-refractivity contribution in [3.8, 4) is 0 Å². The van der Waals surface area contributed by atoms with E-state index in [2.05, 4.69) is 0 Å². The molecule has 0 spiro atoms. The van der Waals surface area contributed by atoms with E-state index in [4.69, 9.17) is 9.15 Å². The first-order valence-electron chi connectivity index (χ1n) is 6.83. The number of carbonyl (C=O) groups is 2. The average Bonchev–Trinajstić information content (AvgIpc) is 2.84. The minimum absolute atomic E-state index is 0.0198. The molecule has 0 bridgehead atoms. The first-order valence-corrected chi connectivity index (χ1v) is 6.83. The van der Waals surface area contributed by atoms with E-state index in [-0.39, 0.29) is 19.1 Å². The Morgan fingerprint density at radius 3 is 2.86 bits per heavy atom. The van der Waals surface area contributed by atoms with Crippen LogP contribution in [0.25, 0.3) is 0 Å². The second-order valence-corrected chi connectivity index (χ2v) is 5.17. The molecule has 1 unspecified atom stereocenters. The minimum atomic E-state index is -0.885. The van der Waals surface area contributed by atoms with Crippen LogP contribution in [0.1, 0.15) is 5.56 Å². The van der Waals surface area contributed by atoms with Crippen molar-refractivity contribution in [3.63, 3.8) is 0 Å². The molecule has 0 aromatic carbocycles. The van der Waals surface area contributed by atoms with Crippen LogP contribution in [0.5, 0.6) is 0 Å². The maximum Gasteiger partial charge on any atom is 0.309 e. The van der Waals surface area contributed by atoms with Crippen molar-refractivity contribution in [2.75, 3.05) is 39.9 Å². The van der Waals surface area contributed by atoms with E-state index in [1.165, 1.54) is 7.11 Å². The maximum atomic E-state index is 11.9. The highest BCUT2D eigenvalue weighted by atomic mass is 16.5. The van der Waals surface area contributed by atoms with Crippen LogP contribution in [-0.2, 0) is 20.9 Å². The molecular formula is C14H20N2O5. The number of carboxylic acids is 1. The van der Waals surface area contributed by atoms with Gasteiger partial charge in [0.25, 0.3) is 0 Å². The molecule has 7 heteroatoms. The lowest BCUT2D eigenvalue weighted by Gasteiger charge is -2.21. The van der Waals surface area contributed by atoms with E-state index in [0.29, 0.717) is 26.2 Å². The van der Waals surface area contributed by atoms with Crippen LogP contribution >= 0.6 is 0 Å². The second kappa shape index (κ2) is 7.24. The van der Waals surface area contributed by atoms with Crippen molar-refractivity contribution in [2.45, 2.75) is 6.54 Å². The first kappa shape index (κ1) is 15.5. The van der Waals surface area contributed by atoms with E-state index in [9.17, 15) is 14.7 Å². The standard InChI is InChI=1S/C14H20N2O5/c1-20-10-13(17)16-4-3-15(6-11-2-5-21-9-11)7-12(8-16)14(18)19/h2,5,9,12H,3-4,6-8,10H2,1H3,(H,18,19). The van der Waals surface area contributed by atoms with Gasteiger partial charge in [-0.25, -0.2) is 0 Å². The molecule has 1 aliphatic heterocycles. The third kappa shape index (κ3) is 4.30. The third-order valence-corrected chi connectivity index (χ3v) is 3.56. The summed E-state index contributed by atoms with van der Waals surface area (Å²) in [5, 5.41) is 9.32. The molecule has 1 N–H and O–H groups in total. The fraction of sp³-hybridized carbons (Fsp3) is 0.571. The van der Waals surface area contributed by atoms with Gasteiger partial charge in [0.15, 0.2) is 0 Å². The molecule has 1 aliphatic rings. The lowest BCUT2D eigenvalue weighted by molar-refractivity contribution is -0.144. The number of carboxylic acid groups (broad SMARTS) is 1. The SMILES string of the molecule is COCC(=O)N1CCN(Cc2ccoc2)CC(C(=O)O)C1. The molecule has 1 amide bonds. The van der Waals surface area contributed by atoms with E-state index in [1.54, 1.807) is 17.4 Å². The molecular weight excluding hydrogens is 276 g/mol. The van der Waals surface area contributed by atoms with Crippen molar-refractivity contribution in [1.29, 1.82) is 0 Å². The molecule has 1 fully saturated rings. The van der Waals surface area contributed by atoms with Crippen molar-refractivity contribution in [2.24, 2.45) is 5.92 Å². The highest BCUT2D eigenvalue weighted by molar-refractivity contribution is 5.78. The zero-order chi connectivity index (χ0) is 15.2. The predicted octanol–water partition coefficient (Wildman–Crippen LogP) is 0.271. The van der Waals surface area contributed by atoms with Crippen LogP contribution in [0, 0.1) is 5.92 Å². The van der Waals surface area contributed by atoms with Gasteiger partial charge >= 0.3 is 5.97 Å². The van der Waals surface area contributed by atoms with Gasteiger partial charge in [-0.1, -0.05) is 0 Å². The molecule has 1 saturated heterocycles. The zero-order valence-corrected chi connectivity index (χ0v) is 12.0. The molecule has 21 heavy (non-hydrogen) atoms. The van der Waals surface area contributed by atoms with Crippen LogP contribution in [-0.4, -0.2) is 66.7 Å². The Kier molecular flexibility index (Phi) is 5.35. The van der Waals surface area contributed by atoms with Crippen LogP contribution in [0.15, 0.2) is 23.0 Å². The molecule has 0 saturated carbocycles. The Bertz CT molecular complexity index is 474. The molecule has 2 rings (SSSR count). The Hall–Kier alpha value is -1.86. The molecule has 1 aromatic rings. The smallest absolute Gasteiger partial charge is 0.309 e. The zero-order valence-electron chi connectivity index (χ0n) is 12.0. The summed E-state index contributed by atoms with van der Waals surface area (Å²) in [6.45, 7) is 2.37. The number of methoxy groups -OCH3 is 1. The lowest BCUT2D eigenvalue weighted by atomic mass is 10.1. The van der Waals surface area contributed by atoms with Gasteiger partial charge in [0.2, 0.25) is 5.91 Å². The number of furan rings is 1. The number of nitrogens with zero attached hydrogens (tertiary/aromatic N) is 2. The average molecular weight is 296 g/mol. The van der Waals surface area contributed by atoms with Gasteiger partial charge in [-0.3, -0.25) is 14.5 Å². The summed E-state index contributed by atoms with van der Waals surface area (Å²) >= 11 is 0. The first-order chi connectivity index (χ1) is 10.1. The van der Waals surface area contributed by atoms with Crippen LogP contribution < -0.4 is 0 Å². The Morgan fingerprint density at radius 2 is 2.24 bits per heavy atom. The number of amides is 1. The molecule has 0 aliphatic carbocycles. The summed E-state index contributed by atoms with van der Waals surface area (Å²) in [7, 11) is 1.45. The third-order valence-electron chi connectivity index (χ3n) is 3.56. The van der Waals surface area contributed by atoms with Crippen molar-refractivity contribution < 1.29 is 23.8 Å². The van der Waals surface area contributed by atoms with Crippen LogP contribution in [0.4, 0.5) is 0 Å². The summed E-state index contributed by atoms with van der Waals surface area (Å²) in [5.41, 5.74) is 0.996. The molecule has 1 atom stereocenters. The molecule has 1 aromatic heterocycles. The van der Waals surface area contributed by atoms with E-state index in [1.807, 2.05) is 11.0 Å². The van der Waals surface area contributed by atoms with Crippen molar-refractivity contribution in [1.82, 2.24) is 9.80 Å². The monoisotopic (exact) mass is 296 g/mol. The van der Waals surface area contributed by atoms with Gasteiger partial charge < -0.3 is 19.2 Å². The van der Waals surface area contributed by atoms with Gasteiger partial charge in [-0.2, -0.15) is 0 Å². The van der Waals surface area contributed by atoms with Gasteiger partial charge in [0.1, 0.15) is 6.61 Å². The normalized spacial score (nSPS) is 20.2. The highest BCUT2D eigenvalue weighted by Crippen LogP contribution is 2.14. The number of aliphatic carboxylic acids is 1. The number of hydrogen-bond donors (Lipinski definition) is 1. The fourth-order valence-corrected chi connectivity index (χ4v) is 2.46. The number of hydrogen-bond acceptors (Lipinski definition) is 5. The van der Waals surface area contributed by atoms with Crippen LogP contribution in [0.3, 0.4) is 0 Å². The number of ether oxygens (including phenoxy) is 1. The summed E-state index contributed by atoms with van der Waals surface area (Å²) in [5.74, 6) is -1.65. The van der Waals surface area contributed by atoms with Gasteiger partial charge in [0.05, 0.1) is 18.4 Å². The molecule has 0 radical (unpaired) electrons. The van der Waals surface area contributed by atoms with Gasteiger partial charge in [0, 0.05) is 45.4 Å². The summed E-state index contributed by atoms with van der Waals surface area (Å²) in [6, 6.07) is 1.86. The lowest BCUT2D eigenvalue weighted by Crippen LogP contribution is -2.39. The topological polar surface area (TPSA) is 83.2 Å². The van der Waals surface area contributed by atoms with Gasteiger partial charge in [-0.15, -0.1) is 0 Å². The Morgan fingerprint density at radius 1 is 1.43 bits per heavy atom. The fourth-order valence-electron chi connectivity index (χ4n) is 2.46. The van der Waals surface area contributed by atoms with E-state index >= 15 is 0 Å². The second-order valence-electron chi connectivity index (χ2n) is 5.17. The number of rotatable bonds is 5. The molecule has 2 heterocycles. The maximum absolute atomic E-state index is 11.9. The van der Waals surface area contributed by atoms with Crippen molar-refractivity contribution in [3.05, 3.63) is 24.2 Å².